The lowest BCUT2D eigenvalue weighted by atomic mass is 9.82. The lowest BCUT2D eigenvalue weighted by molar-refractivity contribution is -0.221. The van der Waals surface area contributed by atoms with E-state index in [9.17, 15) is 68.2 Å². The maximum Gasteiger partial charge on any atom is 0.407 e. The summed E-state index contributed by atoms with van der Waals surface area (Å²) in [6.45, 7) is -6.46. The molecule has 2 aromatic carbocycles. The Balaban J connectivity index is 2.21. The SMILES string of the molecule is COC(=O)NC(C(=O)N[C@@H](Cc1ccc(-c2cnn(C(F)F)c2)cc1)[C@@H](O)CN(Cc1c(F)cc(C(N)=CC=NC(F)F)cc1F)NC(=O)[C@@H](NC(=O)OC)C(C)(C)C(F)(F)F)C(C)(C)C(F)(F)F. The number of rotatable bonds is 20. The van der Waals surface area contributed by atoms with Gasteiger partial charge < -0.3 is 36.3 Å². The van der Waals surface area contributed by atoms with Crippen LogP contribution in [0.2, 0.25) is 0 Å². The molecule has 0 fully saturated rings. The number of hydrazine groups is 1. The Labute approximate surface area is 385 Å². The third-order valence-electron chi connectivity index (χ3n) is 10.6. The van der Waals surface area contributed by atoms with Crippen molar-refractivity contribution in [3.8, 4) is 11.1 Å². The number of aliphatic imine (C=N–C) groups is 1. The number of halogens is 12. The minimum absolute atomic E-state index is 0.152. The summed E-state index contributed by atoms with van der Waals surface area (Å²) in [6.07, 6.45) is -12.9. The number of benzene rings is 2. The van der Waals surface area contributed by atoms with Gasteiger partial charge in [0.05, 0.1) is 43.4 Å². The summed E-state index contributed by atoms with van der Waals surface area (Å²) in [4.78, 5) is 54.9. The molecule has 16 nitrogen and oxygen atoms in total. The molecule has 0 saturated heterocycles. The van der Waals surface area contributed by atoms with Crippen LogP contribution in [0.15, 0.2) is 59.9 Å². The van der Waals surface area contributed by atoms with Gasteiger partial charge in [-0.25, -0.2) is 33.1 Å². The van der Waals surface area contributed by atoms with Crippen molar-refractivity contribution in [2.75, 3.05) is 20.8 Å². The summed E-state index contributed by atoms with van der Waals surface area (Å²) in [7, 11) is 1.53. The topological polar surface area (TPSA) is 215 Å². The largest absolute Gasteiger partial charge is 0.453 e. The van der Waals surface area contributed by atoms with Crippen molar-refractivity contribution < 1.29 is 86.4 Å². The van der Waals surface area contributed by atoms with Crippen LogP contribution in [0.4, 0.5) is 62.3 Å². The minimum Gasteiger partial charge on any atom is -0.453 e. The van der Waals surface area contributed by atoms with Gasteiger partial charge in [0.2, 0.25) is 5.91 Å². The molecule has 0 bridgehead atoms. The first-order valence-electron chi connectivity index (χ1n) is 19.9. The van der Waals surface area contributed by atoms with Crippen LogP contribution in [0.25, 0.3) is 16.8 Å². The number of aromatic nitrogens is 2. The number of hydrogen-bond acceptors (Lipinski definition) is 11. The Morgan fingerprint density at radius 1 is 0.826 bits per heavy atom. The third kappa shape index (κ3) is 15.0. The molecule has 0 aliphatic heterocycles. The smallest absolute Gasteiger partial charge is 0.407 e. The molecule has 4 amide bonds. The van der Waals surface area contributed by atoms with Crippen LogP contribution in [-0.2, 0) is 32.0 Å². The van der Waals surface area contributed by atoms with E-state index in [-0.39, 0.29) is 11.1 Å². The normalized spacial score (nSPS) is 14.7. The second-order valence-electron chi connectivity index (χ2n) is 16.1. The van der Waals surface area contributed by atoms with E-state index in [4.69, 9.17) is 5.73 Å². The van der Waals surface area contributed by atoms with Crippen LogP contribution in [-0.4, -0.2) is 114 Å². The predicted molar refractivity (Wildman–Crippen MR) is 220 cm³/mol. The number of methoxy groups -OCH3 is 2. The fraction of sp³-hybridized carbons (Fsp3) is 0.463. The molecule has 0 aliphatic rings. The average molecular weight is 1010 g/mol. The number of allylic oxidation sites excluding steroid dienone is 1. The van der Waals surface area contributed by atoms with Crippen LogP contribution in [0.3, 0.4) is 0 Å². The molecule has 1 aromatic heterocycles. The predicted octanol–water partition coefficient (Wildman–Crippen LogP) is 6.36. The number of carbonyl (C=O) groups excluding carboxylic acids is 4. The second kappa shape index (κ2) is 23.1. The Kier molecular flexibility index (Phi) is 19.0. The molecule has 3 aromatic rings. The van der Waals surface area contributed by atoms with Crippen molar-refractivity contribution in [1.82, 2.24) is 36.2 Å². The third-order valence-corrected chi connectivity index (χ3v) is 10.6. The van der Waals surface area contributed by atoms with Gasteiger partial charge in [-0.15, -0.1) is 0 Å². The molecule has 69 heavy (non-hydrogen) atoms. The van der Waals surface area contributed by atoms with Crippen LogP contribution in [0, 0.1) is 22.5 Å². The summed E-state index contributed by atoms with van der Waals surface area (Å²) in [6, 6.07) is -0.371. The van der Waals surface area contributed by atoms with Crippen LogP contribution in [0.1, 0.15) is 50.9 Å². The number of hydrogen-bond donors (Lipinski definition) is 6. The van der Waals surface area contributed by atoms with Gasteiger partial charge in [-0.1, -0.05) is 24.3 Å². The Bertz CT molecular complexity index is 2300. The number of nitrogens with one attached hydrogen (secondary N) is 4. The summed E-state index contributed by atoms with van der Waals surface area (Å²) >= 11 is 0. The highest BCUT2D eigenvalue weighted by Crippen LogP contribution is 2.42. The van der Waals surface area contributed by atoms with E-state index in [2.05, 4.69) is 24.9 Å². The molecule has 3 rings (SSSR count). The number of carbonyl (C=O) groups is 4. The highest BCUT2D eigenvalue weighted by atomic mass is 19.4. The summed E-state index contributed by atoms with van der Waals surface area (Å²) < 4.78 is 178. The zero-order valence-corrected chi connectivity index (χ0v) is 37.2. The first-order valence-corrected chi connectivity index (χ1v) is 19.9. The molecule has 1 unspecified atom stereocenters. The fourth-order valence-corrected chi connectivity index (χ4v) is 6.18. The van der Waals surface area contributed by atoms with Crippen molar-refractivity contribution in [1.29, 1.82) is 0 Å². The minimum atomic E-state index is -5.25. The van der Waals surface area contributed by atoms with Crippen LogP contribution < -0.4 is 27.1 Å². The molecule has 28 heteroatoms. The first kappa shape index (κ1) is 56.7. The van der Waals surface area contributed by atoms with Crippen molar-refractivity contribution in [2.24, 2.45) is 21.6 Å². The lowest BCUT2D eigenvalue weighted by Crippen LogP contribution is -2.63. The van der Waals surface area contributed by atoms with Gasteiger partial charge in [0.1, 0.15) is 23.7 Å². The Hall–Kier alpha value is -6.58. The number of aliphatic hydroxyl groups is 1. The molecule has 0 spiro atoms. The van der Waals surface area contributed by atoms with Crippen molar-refractivity contribution in [3.05, 3.63) is 83.2 Å². The van der Waals surface area contributed by atoms with E-state index in [0.717, 1.165) is 32.7 Å². The standard InChI is InChI=1S/C41H47F12N9O7/c1-38(2,40(48,49)50)30(58-36(66)68-5)32(64)57-28(13-20-7-9-21(10-8-20)23-16-56-62(17-23)35(46)47)29(63)19-61(60-33(65)31(59-37(67)69-6)39(3,4)41(51,52)53)18-24-25(42)14-22(15-26(24)43)27(54)11-12-55-34(44)45/h7-12,14-17,28-31,34-35,63H,13,18-19,54H2,1-6H3,(H,57,64)(H,58,66)(H,59,67)(H,60,65)/t28-,29-,30?,31+/m0/s1. The quantitative estimate of drug-likeness (QED) is 0.0319. The fourth-order valence-electron chi connectivity index (χ4n) is 6.18. The zero-order valence-electron chi connectivity index (χ0n) is 37.2. The molecular weight excluding hydrogens is 958 g/mol. The monoisotopic (exact) mass is 1010 g/mol. The summed E-state index contributed by atoms with van der Waals surface area (Å²) in [5.41, 5.74) is 0.228. The molecule has 4 atom stereocenters. The van der Waals surface area contributed by atoms with Crippen molar-refractivity contribution >= 4 is 35.9 Å². The van der Waals surface area contributed by atoms with Crippen molar-refractivity contribution in [3.63, 3.8) is 0 Å². The molecule has 7 N–H and O–H groups in total. The lowest BCUT2D eigenvalue weighted by Gasteiger charge is -2.38. The first-order chi connectivity index (χ1) is 31.8. The van der Waals surface area contributed by atoms with Gasteiger partial charge in [0.15, 0.2) is 0 Å². The van der Waals surface area contributed by atoms with Gasteiger partial charge in [0.25, 0.3) is 5.91 Å². The van der Waals surface area contributed by atoms with E-state index < -0.39 is 132 Å². The maximum absolute atomic E-state index is 15.8. The van der Waals surface area contributed by atoms with Crippen LogP contribution in [0.5, 0.6) is 0 Å². The van der Waals surface area contributed by atoms with Gasteiger partial charge >= 0.3 is 37.6 Å². The van der Waals surface area contributed by atoms with Gasteiger partial charge in [-0.3, -0.25) is 15.0 Å². The number of alkyl halides is 10. The number of alkyl carbamates (subject to hydrolysis) is 2. The maximum atomic E-state index is 15.8. The number of amides is 4. The zero-order chi connectivity index (χ0) is 52.4. The molecule has 0 aliphatic carbocycles. The van der Waals surface area contributed by atoms with Gasteiger partial charge in [-0.05, 0) is 63.5 Å². The number of nitrogens with two attached hydrogens (primary N) is 1. The van der Waals surface area contributed by atoms with Crippen molar-refractivity contribution in [2.45, 2.75) is 90.3 Å². The van der Waals surface area contributed by atoms with E-state index >= 15 is 8.78 Å². The van der Waals surface area contributed by atoms with Crippen LogP contribution >= 0.6 is 0 Å². The van der Waals surface area contributed by atoms with Gasteiger partial charge in [0, 0.05) is 47.9 Å². The highest BCUT2D eigenvalue weighted by molar-refractivity contribution is 5.87. The molecule has 1 heterocycles. The second-order valence-corrected chi connectivity index (χ2v) is 16.1. The highest BCUT2D eigenvalue weighted by Gasteiger charge is 2.57. The summed E-state index contributed by atoms with van der Waals surface area (Å²) in [5.74, 6) is -6.30. The number of ether oxygens (including phenoxy) is 2. The molecule has 0 radical (unpaired) electrons. The molecule has 382 valence electrons. The van der Waals surface area contributed by atoms with E-state index in [1.54, 1.807) is 10.6 Å². The van der Waals surface area contributed by atoms with Gasteiger partial charge in [-0.2, -0.15) is 49.0 Å². The van der Waals surface area contributed by atoms with E-state index in [1.807, 2.05) is 5.43 Å². The Morgan fingerprint density at radius 2 is 1.33 bits per heavy atom. The number of nitrogens with zero attached hydrogens (tertiary/aromatic N) is 4. The number of aliphatic hydroxyl groups excluding tert-OH is 1. The average Bonchev–Trinajstić information content (AvgIpc) is 3.75. The molecule has 0 saturated carbocycles. The Morgan fingerprint density at radius 3 is 1.78 bits per heavy atom. The van der Waals surface area contributed by atoms with E-state index in [0.29, 0.717) is 61.3 Å². The summed E-state index contributed by atoms with van der Waals surface area (Å²) in [5, 5.41) is 21.5. The van der Waals surface area contributed by atoms with E-state index in [1.165, 1.54) is 24.3 Å². The molecular formula is C41H47F12N9O7.